The second-order valence-corrected chi connectivity index (χ2v) is 10.8. The molecule has 8 heteroatoms. The van der Waals surface area contributed by atoms with Gasteiger partial charge in [0.15, 0.2) is 0 Å². The molecule has 0 aliphatic heterocycles. The minimum Gasteiger partial charge on any atom is -0.273 e. The number of halogens is 1. The molecule has 0 fully saturated rings. The minimum absolute atomic E-state index is 0.00785. The molecular weight excluding hydrogens is 436 g/mol. The summed E-state index contributed by atoms with van der Waals surface area (Å²) in [6, 6.07) is 4.04. The Kier molecular flexibility index (Phi) is 13.8. The monoisotopic (exact) mass is 474 g/mol. The van der Waals surface area contributed by atoms with E-state index in [1.165, 1.54) is 89.5 Å². The number of hydrogen-bond donors (Lipinski definition) is 0. The van der Waals surface area contributed by atoms with Crippen LogP contribution >= 0.6 is 11.6 Å². The highest BCUT2D eigenvalue weighted by atomic mass is 35.5. The molecule has 0 amide bonds. The number of unbranched alkanes of at least 4 members (excludes halogenated alkanes) is 13. The molecule has 0 unspecified atom stereocenters. The summed E-state index contributed by atoms with van der Waals surface area (Å²) < 4.78 is 26.2. The maximum absolute atomic E-state index is 12.5. The highest BCUT2D eigenvalue weighted by Crippen LogP contribution is 2.30. The number of rotatable bonds is 18. The molecule has 0 atom stereocenters. The first-order chi connectivity index (χ1) is 14.8. The third-order valence-electron chi connectivity index (χ3n) is 5.66. The van der Waals surface area contributed by atoms with Crippen molar-refractivity contribution in [3.63, 3.8) is 0 Å². The van der Waals surface area contributed by atoms with Crippen molar-refractivity contribution < 1.29 is 13.3 Å². The van der Waals surface area contributed by atoms with Gasteiger partial charge >= 0.3 is 0 Å². The van der Waals surface area contributed by atoms with E-state index in [0.29, 0.717) is 6.42 Å². The van der Waals surface area contributed by atoms with E-state index in [-0.39, 0.29) is 22.2 Å². The van der Waals surface area contributed by atoms with Crippen LogP contribution in [0.4, 0.5) is 11.4 Å². The minimum atomic E-state index is -3.52. The molecule has 0 radical (unpaired) electrons. The fraction of sp³-hybridized carbons (Fsp3) is 0.739. The molecule has 0 aliphatic carbocycles. The molecule has 0 aromatic heterocycles. The van der Waals surface area contributed by atoms with Crippen LogP contribution < -0.4 is 4.31 Å². The third kappa shape index (κ3) is 11.2. The number of hydrogen-bond acceptors (Lipinski definition) is 4. The molecule has 0 spiro atoms. The lowest BCUT2D eigenvalue weighted by atomic mass is 10.0. The topological polar surface area (TPSA) is 80.5 Å². The van der Waals surface area contributed by atoms with Crippen LogP contribution in [0.2, 0.25) is 5.02 Å². The summed E-state index contributed by atoms with van der Waals surface area (Å²) in [7, 11) is -2.09. The van der Waals surface area contributed by atoms with Crippen molar-refractivity contribution in [3.8, 4) is 0 Å². The van der Waals surface area contributed by atoms with E-state index < -0.39 is 14.9 Å². The summed E-state index contributed by atoms with van der Waals surface area (Å²) >= 11 is 5.80. The molecule has 31 heavy (non-hydrogen) atoms. The van der Waals surface area contributed by atoms with Gasteiger partial charge in [-0.3, -0.25) is 14.4 Å². The zero-order valence-electron chi connectivity index (χ0n) is 19.2. The summed E-state index contributed by atoms with van der Waals surface area (Å²) in [6.07, 6.45) is 16.9. The Balaban J connectivity index is 2.17. The predicted molar refractivity (Wildman–Crippen MR) is 131 cm³/mol. The fourth-order valence-corrected chi connectivity index (χ4v) is 5.08. The molecule has 6 nitrogen and oxygen atoms in total. The molecule has 0 N–H and O–H groups in total. The smallest absolute Gasteiger partial charge is 0.273 e. The van der Waals surface area contributed by atoms with Crippen LogP contribution in [-0.2, 0) is 10.0 Å². The van der Waals surface area contributed by atoms with Gasteiger partial charge in [0.2, 0.25) is 10.0 Å². The van der Waals surface area contributed by atoms with Crippen molar-refractivity contribution in [2.24, 2.45) is 0 Å². The van der Waals surface area contributed by atoms with Gasteiger partial charge < -0.3 is 0 Å². The average Bonchev–Trinajstić information content (AvgIpc) is 2.73. The first-order valence-electron chi connectivity index (χ1n) is 11.7. The van der Waals surface area contributed by atoms with Gasteiger partial charge in [-0.1, -0.05) is 102 Å². The summed E-state index contributed by atoms with van der Waals surface area (Å²) in [5.41, 5.74) is -0.0424. The Morgan fingerprint density at radius 2 is 1.32 bits per heavy atom. The van der Waals surface area contributed by atoms with Crippen LogP contribution in [0.15, 0.2) is 18.2 Å². The fourth-order valence-electron chi connectivity index (χ4n) is 3.61. The van der Waals surface area contributed by atoms with E-state index in [9.17, 15) is 18.5 Å². The van der Waals surface area contributed by atoms with Gasteiger partial charge in [-0.05, 0) is 18.6 Å². The summed E-state index contributed by atoms with van der Waals surface area (Å²) in [6.45, 7) is 2.24. The Hall–Kier alpha value is -1.34. The number of nitrogens with zero attached hydrogens (tertiary/aromatic N) is 2. The standard InChI is InChI=1S/C23H39ClN2O4S/c1-3-4-5-6-7-8-9-10-11-12-13-14-15-16-19-31(29,30)25(2)21-17-18-22(24)23(20-21)26(27)28/h17-18,20H,3-16,19H2,1-2H3. The van der Waals surface area contributed by atoms with Crippen molar-refractivity contribution in [1.29, 1.82) is 0 Å². The number of benzene rings is 1. The predicted octanol–water partition coefficient (Wildman–Crippen LogP) is 7.50. The van der Waals surface area contributed by atoms with Crippen LogP contribution in [0.3, 0.4) is 0 Å². The quantitative estimate of drug-likeness (QED) is 0.125. The van der Waals surface area contributed by atoms with E-state index in [4.69, 9.17) is 11.6 Å². The van der Waals surface area contributed by atoms with Gasteiger partial charge in [0.1, 0.15) is 5.02 Å². The Labute approximate surface area is 193 Å². The second kappa shape index (κ2) is 15.5. The highest BCUT2D eigenvalue weighted by Gasteiger charge is 2.21. The molecule has 0 bridgehead atoms. The van der Waals surface area contributed by atoms with Crippen molar-refractivity contribution in [1.82, 2.24) is 0 Å². The molecule has 0 saturated carbocycles. The summed E-state index contributed by atoms with van der Waals surface area (Å²) in [5.74, 6) is 0.0396. The van der Waals surface area contributed by atoms with Crippen molar-refractivity contribution >= 4 is 33.0 Å². The van der Waals surface area contributed by atoms with Crippen LogP contribution in [-0.4, -0.2) is 26.1 Å². The lowest BCUT2D eigenvalue weighted by molar-refractivity contribution is -0.384. The van der Waals surface area contributed by atoms with Gasteiger partial charge in [0.05, 0.1) is 16.4 Å². The zero-order chi connectivity index (χ0) is 23.1. The van der Waals surface area contributed by atoms with E-state index >= 15 is 0 Å². The van der Waals surface area contributed by atoms with Crippen LogP contribution in [0.5, 0.6) is 0 Å². The van der Waals surface area contributed by atoms with Gasteiger partial charge in [-0.15, -0.1) is 0 Å². The maximum Gasteiger partial charge on any atom is 0.289 e. The highest BCUT2D eigenvalue weighted by molar-refractivity contribution is 7.92. The SMILES string of the molecule is CCCCCCCCCCCCCCCCS(=O)(=O)N(C)c1ccc(Cl)c([N+](=O)[O-])c1. The molecule has 1 aromatic rings. The lowest BCUT2D eigenvalue weighted by Crippen LogP contribution is -2.29. The van der Waals surface area contributed by atoms with Crippen LogP contribution in [0, 0.1) is 10.1 Å². The first-order valence-corrected chi connectivity index (χ1v) is 13.7. The van der Waals surface area contributed by atoms with Gasteiger partial charge in [0, 0.05) is 13.1 Å². The Bertz CT molecular complexity index is 756. The zero-order valence-corrected chi connectivity index (χ0v) is 20.7. The molecular formula is C23H39ClN2O4S. The van der Waals surface area contributed by atoms with Crippen molar-refractivity contribution in [2.75, 3.05) is 17.1 Å². The number of anilines is 1. The number of nitro benzene ring substituents is 1. The number of sulfonamides is 1. The van der Waals surface area contributed by atoms with Gasteiger partial charge in [0.25, 0.3) is 5.69 Å². The summed E-state index contributed by atoms with van der Waals surface area (Å²) in [4.78, 5) is 10.4. The van der Waals surface area contributed by atoms with Crippen molar-refractivity contribution in [3.05, 3.63) is 33.3 Å². The normalized spacial score (nSPS) is 11.6. The van der Waals surface area contributed by atoms with Crippen LogP contribution in [0.25, 0.3) is 0 Å². The molecule has 0 saturated heterocycles. The maximum atomic E-state index is 12.5. The van der Waals surface area contributed by atoms with E-state index in [0.717, 1.165) is 23.6 Å². The first kappa shape index (κ1) is 27.7. The van der Waals surface area contributed by atoms with E-state index in [1.807, 2.05) is 0 Å². The molecule has 1 rings (SSSR count). The summed E-state index contributed by atoms with van der Waals surface area (Å²) in [5, 5.41) is 11.0. The molecule has 0 heterocycles. The molecule has 0 aliphatic rings. The lowest BCUT2D eigenvalue weighted by Gasteiger charge is -2.19. The Morgan fingerprint density at radius 3 is 1.77 bits per heavy atom. The van der Waals surface area contributed by atoms with Gasteiger partial charge in [-0.2, -0.15) is 0 Å². The molecule has 178 valence electrons. The third-order valence-corrected chi connectivity index (χ3v) is 7.83. The second-order valence-electron chi connectivity index (χ2n) is 8.27. The molecule has 1 aromatic carbocycles. The Morgan fingerprint density at radius 1 is 0.871 bits per heavy atom. The van der Waals surface area contributed by atoms with E-state index in [1.54, 1.807) is 0 Å². The van der Waals surface area contributed by atoms with Crippen molar-refractivity contribution in [2.45, 2.75) is 96.8 Å². The average molecular weight is 475 g/mol. The largest absolute Gasteiger partial charge is 0.289 e. The van der Waals surface area contributed by atoms with Crippen LogP contribution in [0.1, 0.15) is 96.8 Å². The van der Waals surface area contributed by atoms with Gasteiger partial charge in [-0.25, -0.2) is 8.42 Å². The number of nitro groups is 1. The van der Waals surface area contributed by atoms with E-state index in [2.05, 4.69) is 6.92 Å².